The van der Waals surface area contributed by atoms with Crippen LogP contribution in [0.2, 0.25) is 0 Å². The Morgan fingerprint density at radius 3 is 2.57 bits per heavy atom. The number of carbonyl (C=O) groups is 1. The van der Waals surface area contributed by atoms with Gasteiger partial charge >= 0.3 is 5.97 Å². The minimum absolute atomic E-state index is 0.0105. The van der Waals surface area contributed by atoms with Crippen molar-refractivity contribution in [2.45, 2.75) is 26.8 Å². The molecule has 182 valence electrons. The highest BCUT2D eigenvalue weighted by Crippen LogP contribution is 2.32. The van der Waals surface area contributed by atoms with Crippen LogP contribution in [-0.2, 0) is 9.53 Å². The summed E-state index contributed by atoms with van der Waals surface area (Å²) in [5.41, 5.74) is 1.96. The number of carbonyl (C=O) groups excluding carboxylic acids is 1. The van der Waals surface area contributed by atoms with Crippen LogP contribution in [0, 0.1) is 0 Å². The molecule has 0 unspecified atom stereocenters. The van der Waals surface area contributed by atoms with Crippen LogP contribution in [0.3, 0.4) is 0 Å². The SMILES string of the molecule is CCOC(=O)C1=C(C)N=c2sc(=Cc3ccc(O)c(OC)c3)c(=O)n2[C@@H]1c1ccc(OCC)cc1. The molecule has 35 heavy (non-hydrogen) atoms. The number of aromatic nitrogens is 1. The number of nitrogens with zero attached hydrogens (tertiary/aromatic N) is 2. The van der Waals surface area contributed by atoms with Gasteiger partial charge < -0.3 is 19.3 Å². The topological polar surface area (TPSA) is 99.4 Å². The number of allylic oxidation sites excluding steroid dienone is 1. The lowest BCUT2D eigenvalue weighted by Crippen LogP contribution is -2.39. The number of benzene rings is 2. The normalized spacial score (nSPS) is 15.4. The molecule has 1 N–H and O–H groups in total. The van der Waals surface area contributed by atoms with Crippen LogP contribution in [0.25, 0.3) is 6.08 Å². The van der Waals surface area contributed by atoms with Crippen molar-refractivity contribution in [1.29, 1.82) is 0 Å². The van der Waals surface area contributed by atoms with E-state index in [0.717, 1.165) is 5.56 Å². The van der Waals surface area contributed by atoms with Gasteiger partial charge in [0.15, 0.2) is 16.3 Å². The average molecular weight is 495 g/mol. The second-order valence-corrected chi connectivity index (χ2v) is 8.74. The third-order valence-corrected chi connectivity index (χ3v) is 6.51. The van der Waals surface area contributed by atoms with E-state index in [4.69, 9.17) is 14.2 Å². The van der Waals surface area contributed by atoms with Crippen LogP contribution in [0.15, 0.2) is 63.5 Å². The van der Waals surface area contributed by atoms with Gasteiger partial charge in [-0.3, -0.25) is 9.36 Å². The molecule has 2 aromatic carbocycles. The molecule has 0 amide bonds. The molecule has 0 radical (unpaired) electrons. The number of thiazole rings is 1. The van der Waals surface area contributed by atoms with Crippen LogP contribution < -0.4 is 24.4 Å². The molecule has 2 heterocycles. The zero-order chi connectivity index (χ0) is 25.1. The van der Waals surface area contributed by atoms with E-state index in [1.165, 1.54) is 29.1 Å². The molecule has 0 aliphatic carbocycles. The van der Waals surface area contributed by atoms with Crippen molar-refractivity contribution in [1.82, 2.24) is 4.57 Å². The first-order chi connectivity index (χ1) is 16.9. The van der Waals surface area contributed by atoms with E-state index in [0.29, 0.717) is 44.3 Å². The quantitative estimate of drug-likeness (QED) is 0.507. The Labute approximate surface area is 206 Å². The number of hydrogen-bond acceptors (Lipinski definition) is 8. The number of esters is 1. The Morgan fingerprint density at radius 2 is 1.91 bits per heavy atom. The predicted molar refractivity (Wildman–Crippen MR) is 133 cm³/mol. The molecule has 0 bridgehead atoms. The van der Waals surface area contributed by atoms with E-state index in [-0.39, 0.29) is 17.9 Å². The zero-order valence-corrected chi connectivity index (χ0v) is 20.7. The largest absolute Gasteiger partial charge is 0.504 e. The third kappa shape index (κ3) is 4.72. The molecule has 9 heteroatoms. The van der Waals surface area contributed by atoms with Crippen molar-refractivity contribution in [2.24, 2.45) is 4.99 Å². The molecule has 1 aliphatic rings. The van der Waals surface area contributed by atoms with Crippen molar-refractivity contribution in [3.05, 3.63) is 84.5 Å². The number of rotatable bonds is 7. The van der Waals surface area contributed by atoms with Gasteiger partial charge in [0.05, 0.1) is 42.2 Å². The number of phenolic OH excluding ortho intramolecular Hbond substituents is 1. The summed E-state index contributed by atoms with van der Waals surface area (Å²) >= 11 is 1.23. The molecule has 1 atom stereocenters. The number of aromatic hydroxyl groups is 1. The van der Waals surface area contributed by atoms with Gasteiger partial charge in [-0.1, -0.05) is 29.5 Å². The standard InChI is InChI=1S/C26H26N2O6S/c1-5-33-18-10-8-17(9-11-18)23-22(25(31)34-6-2)15(3)27-26-28(23)24(30)21(35-26)14-16-7-12-19(29)20(13-16)32-4/h7-14,23,29H,5-6H2,1-4H3/t23-/m1/s1. The summed E-state index contributed by atoms with van der Waals surface area (Å²) in [6.07, 6.45) is 1.71. The lowest BCUT2D eigenvalue weighted by Gasteiger charge is -2.24. The van der Waals surface area contributed by atoms with Crippen LogP contribution >= 0.6 is 11.3 Å². The molecular weight excluding hydrogens is 468 g/mol. The van der Waals surface area contributed by atoms with E-state index >= 15 is 0 Å². The third-order valence-electron chi connectivity index (χ3n) is 5.53. The summed E-state index contributed by atoms with van der Waals surface area (Å²) in [6, 6.07) is 11.5. The summed E-state index contributed by atoms with van der Waals surface area (Å²) in [6.45, 7) is 6.12. The van der Waals surface area contributed by atoms with Gasteiger partial charge in [0.25, 0.3) is 5.56 Å². The molecular formula is C26H26N2O6S. The lowest BCUT2D eigenvalue weighted by atomic mass is 9.96. The van der Waals surface area contributed by atoms with E-state index in [1.807, 2.05) is 31.2 Å². The number of fused-ring (bicyclic) bond motifs is 1. The molecule has 1 aliphatic heterocycles. The molecule has 4 rings (SSSR count). The number of methoxy groups -OCH3 is 1. The predicted octanol–water partition coefficient (Wildman–Crippen LogP) is 2.91. The van der Waals surface area contributed by atoms with Gasteiger partial charge in [-0.15, -0.1) is 0 Å². The molecule has 0 saturated carbocycles. The Kier molecular flexibility index (Phi) is 7.07. The number of ether oxygens (including phenoxy) is 3. The number of phenols is 1. The van der Waals surface area contributed by atoms with Crippen LogP contribution in [0.4, 0.5) is 0 Å². The molecule has 1 aromatic heterocycles. The highest BCUT2D eigenvalue weighted by atomic mass is 32.1. The summed E-state index contributed by atoms with van der Waals surface area (Å²) in [4.78, 5) is 31.6. The highest BCUT2D eigenvalue weighted by molar-refractivity contribution is 7.07. The fraction of sp³-hybridized carbons (Fsp3) is 0.269. The van der Waals surface area contributed by atoms with Gasteiger partial charge in [0.1, 0.15) is 5.75 Å². The van der Waals surface area contributed by atoms with E-state index in [1.54, 1.807) is 32.1 Å². The van der Waals surface area contributed by atoms with Crippen molar-refractivity contribution >= 4 is 23.4 Å². The van der Waals surface area contributed by atoms with Crippen LogP contribution in [-0.4, -0.2) is 36.0 Å². The Balaban J connectivity index is 1.90. The van der Waals surface area contributed by atoms with E-state index in [2.05, 4.69) is 4.99 Å². The fourth-order valence-corrected chi connectivity index (χ4v) is 5.00. The maximum atomic E-state index is 13.6. The second kappa shape index (κ2) is 10.2. The minimum Gasteiger partial charge on any atom is -0.504 e. The van der Waals surface area contributed by atoms with Gasteiger partial charge in [0, 0.05) is 0 Å². The van der Waals surface area contributed by atoms with Crippen LogP contribution in [0.1, 0.15) is 37.9 Å². The van der Waals surface area contributed by atoms with E-state index < -0.39 is 12.0 Å². The van der Waals surface area contributed by atoms with Gasteiger partial charge in [-0.2, -0.15) is 0 Å². The first-order valence-electron chi connectivity index (χ1n) is 11.2. The summed E-state index contributed by atoms with van der Waals surface area (Å²) < 4.78 is 18.0. The molecule has 3 aromatic rings. The van der Waals surface area contributed by atoms with Gasteiger partial charge in [-0.05, 0) is 62.2 Å². The minimum atomic E-state index is -0.697. The lowest BCUT2D eigenvalue weighted by molar-refractivity contribution is -0.139. The highest BCUT2D eigenvalue weighted by Gasteiger charge is 2.33. The second-order valence-electron chi connectivity index (χ2n) is 7.74. The molecule has 0 saturated heterocycles. The van der Waals surface area contributed by atoms with Gasteiger partial charge in [0.2, 0.25) is 0 Å². The molecule has 8 nitrogen and oxygen atoms in total. The molecule has 0 spiro atoms. The number of hydrogen-bond donors (Lipinski definition) is 1. The van der Waals surface area contributed by atoms with Gasteiger partial charge in [-0.25, -0.2) is 9.79 Å². The molecule has 0 fully saturated rings. The smallest absolute Gasteiger partial charge is 0.338 e. The fourth-order valence-electron chi connectivity index (χ4n) is 3.96. The van der Waals surface area contributed by atoms with Crippen molar-refractivity contribution in [3.8, 4) is 17.2 Å². The summed E-state index contributed by atoms with van der Waals surface area (Å²) in [5, 5.41) is 9.88. The Morgan fingerprint density at radius 1 is 1.17 bits per heavy atom. The monoisotopic (exact) mass is 494 g/mol. The summed E-state index contributed by atoms with van der Waals surface area (Å²) in [7, 11) is 1.46. The Hall–Kier alpha value is -3.85. The van der Waals surface area contributed by atoms with E-state index in [9.17, 15) is 14.7 Å². The maximum absolute atomic E-state index is 13.6. The van der Waals surface area contributed by atoms with Crippen molar-refractivity contribution in [2.75, 3.05) is 20.3 Å². The van der Waals surface area contributed by atoms with Crippen molar-refractivity contribution in [3.63, 3.8) is 0 Å². The summed E-state index contributed by atoms with van der Waals surface area (Å²) in [5.74, 6) is 0.504. The maximum Gasteiger partial charge on any atom is 0.338 e. The Bertz CT molecular complexity index is 1470. The first-order valence-corrected chi connectivity index (χ1v) is 12.0. The zero-order valence-electron chi connectivity index (χ0n) is 19.9. The van der Waals surface area contributed by atoms with Crippen molar-refractivity contribution < 1.29 is 24.1 Å². The van der Waals surface area contributed by atoms with Crippen LogP contribution in [0.5, 0.6) is 17.2 Å². The average Bonchev–Trinajstić information content (AvgIpc) is 3.14. The first kappa shape index (κ1) is 24.3.